The Hall–Kier alpha value is -1.64. The lowest BCUT2D eigenvalue weighted by atomic mass is 9.92. The molecule has 1 aliphatic carbocycles. The zero-order valence-electron chi connectivity index (χ0n) is 17.8. The molecule has 0 aromatic heterocycles. The molecule has 0 fully saturated rings. The first-order valence-corrected chi connectivity index (χ1v) is 13.2. The minimum Gasteiger partial charge on any atom is -0.410 e. The second-order valence-electron chi connectivity index (χ2n) is 9.24. The van der Waals surface area contributed by atoms with Gasteiger partial charge < -0.3 is 4.43 Å². The van der Waals surface area contributed by atoms with E-state index in [0.29, 0.717) is 0 Å². The number of hydrogen-bond donors (Lipinski definition) is 0. The summed E-state index contributed by atoms with van der Waals surface area (Å²) in [5.74, 6) is 0. The molecule has 144 valence electrons. The molecule has 0 bridgehead atoms. The summed E-state index contributed by atoms with van der Waals surface area (Å²) < 4.78 is 6.99. The van der Waals surface area contributed by atoms with Crippen molar-refractivity contribution in [1.82, 2.24) is 0 Å². The smallest absolute Gasteiger partial charge is 0.192 e. The van der Waals surface area contributed by atoms with Crippen molar-refractivity contribution in [3.8, 4) is 0 Å². The van der Waals surface area contributed by atoms with Crippen LogP contribution in [0.1, 0.15) is 57.2 Å². The van der Waals surface area contributed by atoms with Crippen LogP contribution in [0.4, 0.5) is 0 Å². The van der Waals surface area contributed by atoms with E-state index < -0.39 is 8.32 Å². The SMILES string of the molecule is CCC/C(=C1/c2ccccc2CC1O[Si](C)(C)C(C)(C)C)c1ccccc1. The minimum atomic E-state index is -1.85. The summed E-state index contributed by atoms with van der Waals surface area (Å²) in [6, 6.07) is 19.8. The van der Waals surface area contributed by atoms with E-state index in [0.717, 1.165) is 19.3 Å². The quantitative estimate of drug-likeness (QED) is 0.494. The first-order valence-electron chi connectivity index (χ1n) is 10.3. The van der Waals surface area contributed by atoms with Gasteiger partial charge in [-0.15, -0.1) is 0 Å². The van der Waals surface area contributed by atoms with Crippen molar-refractivity contribution >= 4 is 19.5 Å². The lowest BCUT2D eigenvalue weighted by Gasteiger charge is -2.39. The summed E-state index contributed by atoms with van der Waals surface area (Å²) >= 11 is 0. The number of benzene rings is 2. The fraction of sp³-hybridized carbons (Fsp3) is 0.440. The van der Waals surface area contributed by atoms with E-state index >= 15 is 0 Å². The van der Waals surface area contributed by atoms with Crippen LogP contribution in [-0.4, -0.2) is 14.4 Å². The Balaban J connectivity index is 2.14. The molecule has 2 aromatic rings. The molecule has 1 aliphatic rings. The normalized spacial score (nSPS) is 19.1. The van der Waals surface area contributed by atoms with Crippen molar-refractivity contribution in [2.24, 2.45) is 0 Å². The average molecular weight is 379 g/mol. The summed E-state index contributed by atoms with van der Waals surface area (Å²) in [5.41, 5.74) is 7.07. The summed E-state index contributed by atoms with van der Waals surface area (Å²) in [7, 11) is -1.85. The maximum atomic E-state index is 6.99. The minimum absolute atomic E-state index is 0.171. The lowest BCUT2D eigenvalue weighted by Crippen LogP contribution is -2.44. The summed E-state index contributed by atoms with van der Waals surface area (Å²) in [4.78, 5) is 0. The predicted octanol–water partition coefficient (Wildman–Crippen LogP) is 7.34. The average Bonchev–Trinajstić information content (AvgIpc) is 2.96. The maximum Gasteiger partial charge on any atom is 0.192 e. The van der Waals surface area contributed by atoms with Crippen LogP contribution in [0.25, 0.3) is 11.1 Å². The van der Waals surface area contributed by atoms with Crippen molar-refractivity contribution in [1.29, 1.82) is 0 Å². The Morgan fingerprint density at radius 1 is 1.00 bits per heavy atom. The monoisotopic (exact) mass is 378 g/mol. The van der Waals surface area contributed by atoms with Crippen molar-refractivity contribution in [3.63, 3.8) is 0 Å². The fourth-order valence-electron chi connectivity index (χ4n) is 3.75. The van der Waals surface area contributed by atoms with Gasteiger partial charge in [0.1, 0.15) is 0 Å². The third kappa shape index (κ3) is 4.12. The van der Waals surface area contributed by atoms with E-state index in [2.05, 4.69) is 95.4 Å². The Labute approximate surface area is 166 Å². The van der Waals surface area contributed by atoms with Gasteiger partial charge in [0.15, 0.2) is 8.32 Å². The van der Waals surface area contributed by atoms with E-state index in [1.54, 1.807) is 0 Å². The van der Waals surface area contributed by atoms with E-state index in [4.69, 9.17) is 4.43 Å². The molecule has 0 amide bonds. The second kappa shape index (κ2) is 7.77. The van der Waals surface area contributed by atoms with E-state index in [1.807, 2.05) is 0 Å². The van der Waals surface area contributed by atoms with Gasteiger partial charge in [-0.3, -0.25) is 0 Å². The Morgan fingerprint density at radius 2 is 1.63 bits per heavy atom. The number of fused-ring (bicyclic) bond motifs is 1. The Kier molecular flexibility index (Phi) is 5.78. The highest BCUT2D eigenvalue weighted by Crippen LogP contribution is 2.45. The molecule has 3 rings (SSSR count). The van der Waals surface area contributed by atoms with Crippen molar-refractivity contribution in [3.05, 3.63) is 71.3 Å². The van der Waals surface area contributed by atoms with Gasteiger partial charge in [0, 0.05) is 6.42 Å². The van der Waals surface area contributed by atoms with Gasteiger partial charge in [0.25, 0.3) is 0 Å². The summed E-state index contributed by atoms with van der Waals surface area (Å²) in [6.07, 6.45) is 3.40. The second-order valence-corrected chi connectivity index (χ2v) is 14.0. The van der Waals surface area contributed by atoms with Gasteiger partial charge in [0.2, 0.25) is 0 Å². The highest BCUT2D eigenvalue weighted by molar-refractivity contribution is 6.74. The van der Waals surface area contributed by atoms with Crippen LogP contribution in [0.3, 0.4) is 0 Å². The first-order chi connectivity index (χ1) is 12.7. The largest absolute Gasteiger partial charge is 0.410 e. The van der Waals surface area contributed by atoms with Crippen LogP contribution in [0.2, 0.25) is 18.1 Å². The van der Waals surface area contributed by atoms with Crippen LogP contribution in [0.15, 0.2) is 54.6 Å². The van der Waals surface area contributed by atoms with Crippen LogP contribution in [-0.2, 0) is 10.8 Å². The molecule has 0 heterocycles. The standard InChI is InChI=1S/C25H34OSi/c1-7-13-21(19-14-9-8-10-15-19)24-22-17-12-11-16-20(22)18-23(24)26-27(5,6)25(2,3)4/h8-12,14-17,23H,7,13,18H2,1-6H3/b24-21+. The molecule has 1 unspecified atom stereocenters. The zero-order valence-corrected chi connectivity index (χ0v) is 18.8. The summed E-state index contributed by atoms with van der Waals surface area (Å²) in [6.45, 7) is 14.0. The maximum absolute atomic E-state index is 6.99. The zero-order chi connectivity index (χ0) is 19.7. The van der Waals surface area contributed by atoms with E-state index in [9.17, 15) is 0 Å². The molecule has 0 spiro atoms. The van der Waals surface area contributed by atoms with Crippen LogP contribution in [0, 0.1) is 0 Å². The third-order valence-electron chi connectivity index (χ3n) is 6.23. The highest BCUT2D eigenvalue weighted by Gasteiger charge is 2.42. The molecule has 2 heteroatoms. The first kappa shape index (κ1) is 20.1. The number of rotatable bonds is 5. The van der Waals surface area contributed by atoms with E-state index in [-0.39, 0.29) is 11.1 Å². The summed E-state index contributed by atoms with van der Waals surface area (Å²) in [5, 5.41) is 0.213. The molecule has 0 N–H and O–H groups in total. The topological polar surface area (TPSA) is 9.23 Å². The van der Waals surface area contributed by atoms with E-state index in [1.165, 1.54) is 27.8 Å². The molecule has 2 aromatic carbocycles. The molecule has 0 aliphatic heterocycles. The lowest BCUT2D eigenvalue weighted by molar-refractivity contribution is 0.239. The van der Waals surface area contributed by atoms with Crippen LogP contribution < -0.4 is 0 Å². The molecule has 0 radical (unpaired) electrons. The molecule has 1 nitrogen and oxygen atoms in total. The van der Waals surface area contributed by atoms with Gasteiger partial charge in [0.05, 0.1) is 6.10 Å². The van der Waals surface area contributed by atoms with Crippen molar-refractivity contribution < 1.29 is 4.43 Å². The Bertz CT molecular complexity index is 812. The van der Waals surface area contributed by atoms with Crippen LogP contribution in [0.5, 0.6) is 0 Å². The fourth-order valence-corrected chi connectivity index (χ4v) is 5.02. The van der Waals surface area contributed by atoms with Gasteiger partial charge in [-0.05, 0) is 52.4 Å². The van der Waals surface area contributed by atoms with Crippen molar-refractivity contribution in [2.45, 2.75) is 71.2 Å². The predicted molar refractivity (Wildman–Crippen MR) is 120 cm³/mol. The van der Waals surface area contributed by atoms with Crippen LogP contribution >= 0.6 is 0 Å². The van der Waals surface area contributed by atoms with Gasteiger partial charge in [-0.25, -0.2) is 0 Å². The van der Waals surface area contributed by atoms with Gasteiger partial charge in [-0.1, -0.05) is 88.7 Å². The molecule has 27 heavy (non-hydrogen) atoms. The van der Waals surface area contributed by atoms with Crippen molar-refractivity contribution in [2.75, 3.05) is 0 Å². The molecule has 0 saturated carbocycles. The third-order valence-corrected chi connectivity index (χ3v) is 10.7. The molecular formula is C25H34OSi. The Morgan fingerprint density at radius 3 is 2.26 bits per heavy atom. The molecule has 0 saturated heterocycles. The molecule has 1 atom stereocenters. The number of hydrogen-bond acceptors (Lipinski definition) is 1. The molecular weight excluding hydrogens is 344 g/mol. The number of allylic oxidation sites excluding steroid dienone is 1. The van der Waals surface area contributed by atoms with Gasteiger partial charge >= 0.3 is 0 Å². The van der Waals surface area contributed by atoms with Gasteiger partial charge in [-0.2, -0.15) is 0 Å². The highest BCUT2D eigenvalue weighted by atomic mass is 28.4.